The first-order valence-corrected chi connectivity index (χ1v) is 12.2. The first-order valence-electron chi connectivity index (χ1n) is 10.8. The summed E-state index contributed by atoms with van der Waals surface area (Å²) in [5, 5.41) is 5.70. The van der Waals surface area contributed by atoms with E-state index in [1.54, 1.807) is 17.8 Å². The van der Waals surface area contributed by atoms with Gasteiger partial charge in [0.05, 0.1) is 6.33 Å². The van der Waals surface area contributed by atoms with Crippen LogP contribution < -0.4 is 10.6 Å². The van der Waals surface area contributed by atoms with Crippen LogP contribution in [0.15, 0.2) is 41.9 Å². The van der Waals surface area contributed by atoms with Crippen LogP contribution in [0.2, 0.25) is 0 Å². The highest BCUT2D eigenvalue weighted by Crippen LogP contribution is 2.18. The number of pyridine rings is 1. The topological polar surface area (TPSA) is 126 Å². The van der Waals surface area contributed by atoms with Gasteiger partial charge in [0.2, 0.25) is 11.8 Å². The molecule has 1 unspecified atom stereocenters. The molecule has 0 radical (unpaired) electrons. The Kier molecular flexibility index (Phi) is 8.34. The molecule has 0 saturated carbocycles. The van der Waals surface area contributed by atoms with E-state index in [0.29, 0.717) is 38.8 Å². The Morgan fingerprint density at radius 2 is 2.09 bits per heavy atom. The van der Waals surface area contributed by atoms with Gasteiger partial charge in [0.15, 0.2) is 5.03 Å². The second kappa shape index (κ2) is 11.2. The van der Waals surface area contributed by atoms with E-state index >= 15 is 0 Å². The number of aryl methyl sites for hydroxylation is 1. The highest BCUT2D eigenvalue weighted by molar-refractivity contribution is 7.89. The zero-order valence-corrected chi connectivity index (χ0v) is 19.1. The molecule has 0 bridgehead atoms. The second-order valence-corrected chi connectivity index (χ2v) is 9.76. The van der Waals surface area contributed by atoms with Crippen molar-refractivity contribution in [2.45, 2.75) is 37.1 Å². The molecule has 1 atom stereocenters. The second-order valence-electron chi connectivity index (χ2n) is 7.87. The van der Waals surface area contributed by atoms with Crippen LogP contribution in [0.1, 0.15) is 31.4 Å². The van der Waals surface area contributed by atoms with Crippen molar-refractivity contribution in [2.24, 2.45) is 13.0 Å². The van der Waals surface area contributed by atoms with Crippen molar-refractivity contribution in [1.82, 2.24) is 29.5 Å². The molecule has 2 amide bonds. The number of hydrogen-bond donors (Lipinski definition) is 2. The number of hydrogen-bond acceptors (Lipinski definition) is 6. The largest absolute Gasteiger partial charge is 0.356 e. The zero-order chi connectivity index (χ0) is 23.0. The van der Waals surface area contributed by atoms with Crippen molar-refractivity contribution in [3.05, 3.63) is 42.6 Å². The van der Waals surface area contributed by atoms with Gasteiger partial charge in [-0.3, -0.25) is 14.6 Å². The molecule has 1 fully saturated rings. The molecular weight excluding hydrogens is 432 g/mol. The Balaban J connectivity index is 1.61. The summed E-state index contributed by atoms with van der Waals surface area (Å²) in [4.78, 5) is 33.1. The van der Waals surface area contributed by atoms with Crippen molar-refractivity contribution >= 4 is 21.8 Å². The molecule has 1 aliphatic rings. The van der Waals surface area contributed by atoms with Gasteiger partial charge in [-0.25, -0.2) is 13.4 Å². The van der Waals surface area contributed by atoms with Crippen molar-refractivity contribution < 1.29 is 18.0 Å². The van der Waals surface area contributed by atoms with Crippen LogP contribution in [0.5, 0.6) is 0 Å². The summed E-state index contributed by atoms with van der Waals surface area (Å²) in [6, 6.07) is 5.66. The maximum atomic E-state index is 13.0. The van der Waals surface area contributed by atoms with Gasteiger partial charge in [-0.05, 0) is 31.4 Å². The lowest BCUT2D eigenvalue weighted by Crippen LogP contribution is -2.36. The fourth-order valence-corrected chi connectivity index (χ4v) is 5.08. The summed E-state index contributed by atoms with van der Waals surface area (Å²) in [5.74, 6) is -0.632. The van der Waals surface area contributed by atoms with Crippen molar-refractivity contribution in [2.75, 3.05) is 26.2 Å². The molecule has 3 rings (SSSR count). The number of carbonyl (C=O) groups excluding carboxylic acids is 2. The van der Waals surface area contributed by atoms with Gasteiger partial charge < -0.3 is 15.2 Å². The monoisotopic (exact) mass is 462 g/mol. The third kappa shape index (κ3) is 6.60. The number of carbonyl (C=O) groups is 2. The number of sulfonamides is 1. The number of rotatable bonds is 6. The van der Waals surface area contributed by atoms with E-state index in [9.17, 15) is 18.0 Å². The normalized spacial score (nSPS) is 19.0. The van der Waals surface area contributed by atoms with Gasteiger partial charge in [0.1, 0.15) is 0 Å². The van der Waals surface area contributed by atoms with Crippen LogP contribution in [-0.2, 0) is 33.1 Å². The number of nitrogens with one attached hydrogen (secondary N) is 2. The van der Waals surface area contributed by atoms with Crippen LogP contribution in [0, 0.1) is 5.92 Å². The van der Waals surface area contributed by atoms with E-state index < -0.39 is 10.0 Å². The van der Waals surface area contributed by atoms with Crippen LogP contribution in [0.4, 0.5) is 0 Å². The molecule has 0 aromatic carbocycles. The lowest BCUT2D eigenvalue weighted by Gasteiger charge is -2.21. The van der Waals surface area contributed by atoms with Crippen LogP contribution in [0.3, 0.4) is 0 Å². The van der Waals surface area contributed by atoms with Gasteiger partial charge in [0.25, 0.3) is 10.0 Å². The summed E-state index contributed by atoms with van der Waals surface area (Å²) >= 11 is 0. The molecule has 3 heterocycles. The van der Waals surface area contributed by atoms with Crippen LogP contribution in [-0.4, -0.2) is 65.3 Å². The van der Waals surface area contributed by atoms with E-state index in [2.05, 4.69) is 20.6 Å². The van der Waals surface area contributed by atoms with Gasteiger partial charge in [-0.2, -0.15) is 4.31 Å². The average Bonchev–Trinajstić information content (AvgIpc) is 3.20. The van der Waals surface area contributed by atoms with E-state index in [1.807, 2.05) is 18.2 Å². The molecule has 1 aliphatic heterocycles. The molecule has 174 valence electrons. The Labute approximate surface area is 188 Å². The highest BCUT2D eigenvalue weighted by Gasteiger charge is 2.28. The minimum absolute atomic E-state index is 0.0425. The standard InChI is InChI=1S/C21H30N6O4S/c1-26-15-20(25-16-26)32(30,31)27-13-4-5-17(7-11-23-19(28)9-14-27)21(29)24-12-8-18-6-2-3-10-22-18/h2-3,6,10,15-17H,4-5,7-9,11-14H2,1H3,(H,23,28)(H,24,29). The fraction of sp³-hybridized carbons (Fsp3) is 0.524. The summed E-state index contributed by atoms with van der Waals surface area (Å²) in [6.45, 7) is 1.15. The maximum Gasteiger partial charge on any atom is 0.262 e. The average molecular weight is 463 g/mol. The molecule has 32 heavy (non-hydrogen) atoms. The molecule has 0 spiro atoms. The van der Waals surface area contributed by atoms with Crippen molar-refractivity contribution in [3.8, 4) is 0 Å². The van der Waals surface area contributed by atoms with Gasteiger partial charge in [-0.15, -0.1) is 0 Å². The first kappa shape index (κ1) is 23.9. The predicted octanol–water partition coefficient (Wildman–Crippen LogP) is 0.471. The third-order valence-electron chi connectivity index (χ3n) is 5.43. The highest BCUT2D eigenvalue weighted by atomic mass is 32.2. The minimum Gasteiger partial charge on any atom is -0.356 e. The fourth-order valence-electron chi connectivity index (χ4n) is 3.63. The number of amides is 2. The number of nitrogens with zero attached hydrogens (tertiary/aromatic N) is 4. The number of imidazole rings is 1. The number of aromatic nitrogens is 3. The van der Waals surface area contributed by atoms with E-state index in [0.717, 1.165) is 5.69 Å². The molecule has 10 nitrogen and oxygen atoms in total. The van der Waals surface area contributed by atoms with Crippen LogP contribution >= 0.6 is 0 Å². The van der Waals surface area contributed by atoms with Gasteiger partial charge in [0, 0.05) is 70.1 Å². The molecule has 0 aliphatic carbocycles. The Hall–Kier alpha value is -2.79. The van der Waals surface area contributed by atoms with E-state index in [4.69, 9.17) is 0 Å². The van der Waals surface area contributed by atoms with Gasteiger partial charge in [-0.1, -0.05) is 6.07 Å². The molecule has 2 aromatic heterocycles. The van der Waals surface area contributed by atoms with Gasteiger partial charge >= 0.3 is 0 Å². The molecule has 2 aromatic rings. The molecule has 2 N–H and O–H groups in total. The Bertz CT molecular complexity index is 1010. The summed E-state index contributed by atoms with van der Waals surface area (Å²) in [6.07, 6.45) is 6.83. The summed E-state index contributed by atoms with van der Waals surface area (Å²) in [7, 11) is -2.12. The maximum absolute atomic E-state index is 13.0. The van der Waals surface area contributed by atoms with Crippen LogP contribution in [0.25, 0.3) is 0 Å². The predicted molar refractivity (Wildman–Crippen MR) is 118 cm³/mol. The molecule has 1 saturated heterocycles. The lowest BCUT2D eigenvalue weighted by molar-refractivity contribution is -0.126. The minimum atomic E-state index is -3.81. The zero-order valence-electron chi connectivity index (χ0n) is 18.2. The van der Waals surface area contributed by atoms with E-state index in [-0.39, 0.29) is 42.3 Å². The summed E-state index contributed by atoms with van der Waals surface area (Å²) < 4.78 is 28.8. The Morgan fingerprint density at radius 1 is 1.25 bits per heavy atom. The quantitative estimate of drug-likeness (QED) is 0.643. The van der Waals surface area contributed by atoms with Crippen molar-refractivity contribution in [3.63, 3.8) is 0 Å². The SMILES string of the molecule is Cn1cnc(S(=O)(=O)N2CCCC(C(=O)NCCc3ccccn3)CCNC(=O)CC2)c1. The molecular formula is C21H30N6O4S. The molecule has 11 heteroatoms. The first-order chi connectivity index (χ1) is 15.4. The Morgan fingerprint density at radius 3 is 2.81 bits per heavy atom. The lowest BCUT2D eigenvalue weighted by atomic mass is 9.98. The van der Waals surface area contributed by atoms with Crippen molar-refractivity contribution in [1.29, 1.82) is 0 Å². The smallest absolute Gasteiger partial charge is 0.262 e. The van der Waals surface area contributed by atoms with E-state index in [1.165, 1.54) is 16.8 Å². The summed E-state index contributed by atoms with van der Waals surface area (Å²) in [5.41, 5.74) is 0.901. The third-order valence-corrected chi connectivity index (χ3v) is 7.21.